The Bertz CT molecular complexity index is 472. The van der Waals surface area contributed by atoms with E-state index in [4.69, 9.17) is 0 Å². The van der Waals surface area contributed by atoms with Gasteiger partial charge in [-0.1, -0.05) is 19.1 Å². The van der Waals surface area contributed by atoms with E-state index >= 15 is 0 Å². The number of rotatable bonds is 5. The summed E-state index contributed by atoms with van der Waals surface area (Å²) in [5.41, 5.74) is -1.11. The zero-order valence-electron chi connectivity index (χ0n) is 11.3. The van der Waals surface area contributed by atoms with Gasteiger partial charge in [0.05, 0.1) is 0 Å². The van der Waals surface area contributed by atoms with Gasteiger partial charge >= 0.3 is 5.97 Å². The van der Waals surface area contributed by atoms with Crippen molar-refractivity contribution in [1.82, 2.24) is 4.90 Å². The molecule has 1 rings (SSSR count). The lowest BCUT2D eigenvalue weighted by atomic mass is 9.89. The molecule has 19 heavy (non-hydrogen) atoms. The van der Waals surface area contributed by atoms with Gasteiger partial charge in [0.1, 0.15) is 5.82 Å². The van der Waals surface area contributed by atoms with E-state index in [1.54, 1.807) is 0 Å². The zero-order valence-corrected chi connectivity index (χ0v) is 11.3. The third-order valence-electron chi connectivity index (χ3n) is 3.19. The Kier molecular flexibility index (Phi) is 4.64. The number of benzene rings is 1. The van der Waals surface area contributed by atoms with Crippen LogP contribution >= 0.6 is 0 Å². The first kappa shape index (κ1) is 15.1. The zero-order chi connectivity index (χ0) is 14.6. The van der Waals surface area contributed by atoms with Crippen LogP contribution in [0.25, 0.3) is 0 Å². The van der Waals surface area contributed by atoms with Crippen LogP contribution in [0.15, 0.2) is 24.3 Å². The molecule has 0 saturated heterocycles. The minimum atomic E-state index is -1.49. The molecule has 0 heterocycles. The molecule has 0 aliphatic heterocycles. The van der Waals surface area contributed by atoms with Gasteiger partial charge in [-0.25, -0.2) is 9.18 Å². The molecule has 5 heteroatoms. The third kappa shape index (κ3) is 2.92. The highest BCUT2D eigenvalue weighted by atomic mass is 19.1. The van der Waals surface area contributed by atoms with Crippen LogP contribution in [-0.2, 0) is 15.1 Å². The van der Waals surface area contributed by atoms with E-state index in [2.05, 4.69) is 0 Å². The summed E-state index contributed by atoms with van der Waals surface area (Å²) in [5, 5.41) is 9.51. The molecule has 1 unspecified atom stereocenters. The van der Waals surface area contributed by atoms with Crippen molar-refractivity contribution in [2.45, 2.75) is 32.7 Å². The van der Waals surface area contributed by atoms with Gasteiger partial charge in [-0.15, -0.1) is 0 Å². The molecule has 0 spiro atoms. The lowest BCUT2D eigenvalue weighted by Gasteiger charge is -2.37. The molecule has 0 fully saturated rings. The predicted octanol–water partition coefficient (Wildman–Crippen LogP) is 2.38. The summed E-state index contributed by atoms with van der Waals surface area (Å²) in [6, 6.07) is 5.19. The van der Waals surface area contributed by atoms with E-state index in [-0.39, 0.29) is 5.91 Å². The number of hydrogen-bond acceptors (Lipinski definition) is 2. The van der Waals surface area contributed by atoms with Crippen LogP contribution in [0.4, 0.5) is 4.39 Å². The Balaban J connectivity index is 3.33. The molecule has 1 aromatic rings. The lowest BCUT2D eigenvalue weighted by molar-refractivity contribution is -0.158. The molecule has 0 aliphatic carbocycles. The molecule has 0 bridgehead atoms. The first-order chi connectivity index (χ1) is 8.83. The molecule has 104 valence electrons. The van der Waals surface area contributed by atoms with E-state index in [1.165, 1.54) is 43.0 Å². The Morgan fingerprint density at radius 3 is 2.21 bits per heavy atom. The average Bonchev–Trinajstić information content (AvgIpc) is 2.35. The van der Waals surface area contributed by atoms with Crippen LogP contribution < -0.4 is 0 Å². The average molecular weight is 267 g/mol. The summed E-state index contributed by atoms with van der Waals surface area (Å²) >= 11 is 0. The van der Waals surface area contributed by atoms with Crippen LogP contribution in [0.3, 0.4) is 0 Å². The number of carbonyl (C=O) groups excluding carboxylic acids is 1. The van der Waals surface area contributed by atoms with Gasteiger partial charge in [0.25, 0.3) is 0 Å². The number of amides is 1. The highest BCUT2D eigenvalue weighted by Gasteiger charge is 2.42. The fraction of sp³-hybridized carbons (Fsp3) is 0.429. The molecule has 1 aromatic carbocycles. The molecule has 0 saturated carbocycles. The molecule has 0 radical (unpaired) electrons. The molecular weight excluding hydrogens is 249 g/mol. The molecule has 0 aromatic heterocycles. The first-order valence-electron chi connectivity index (χ1n) is 6.11. The Hall–Kier alpha value is -1.91. The van der Waals surface area contributed by atoms with Crippen LogP contribution in [0.1, 0.15) is 32.8 Å². The number of nitrogens with zero attached hydrogens (tertiary/aromatic N) is 1. The quantitative estimate of drug-likeness (QED) is 0.891. The Morgan fingerprint density at radius 2 is 1.84 bits per heavy atom. The maximum absolute atomic E-state index is 13.0. The summed E-state index contributed by atoms with van der Waals surface area (Å²) in [6.07, 6.45) is 0.643. The number of hydrogen-bond donors (Lipinski definition) is 1. The summed E-state index contributed by atoms with van der Waals surface area (Å²) in [7, 11) is 0. The summed E-state index contributed by atoms with van der Waals surface area (Å²) < 4.78 is 13.0. The van der Waals surface area contributed by atoms with Gasteiger partial charge in [-0.3, -0.25) is 4.79 Å². The van der Waals surface area contributed by atoms with Crippen LogP contribution in [0.5, 0.6) is 0 Å². The number of halogens is 1. The SMILES string of the molecule is CCCN(C(C)=O)C(C)(C(=O)O)c1ccc(F)cc1. The third-order valence-corrected chi connectivity index (χ3v) is 3.19. The van der Waals surface area contributed by atoms with Crippen LogP contribution in [0.2, 0.25) is 0 Å². The molecule has 1 N–H and O–H groups in total. The van der Waals surface area contributed by atoms with E-state index in [0.717, 1.165) is 0 Å². The van der Waals surface area contributed by atoms with E-state index in [0.29, 0.717) is 18.5 Å². The van der Waals surface area contributed by atoms with Crippen molar-refractivity contribution < 1.29 is 19.1 Å². The predicted molar refractivity (Wildman–Crippen MR) is 69.1 cm³/mol. The van der Waals surface area contributed by atoms with Crippen molar-refractivity contribution in [2.24, 2.45) is 0 Å². The highest BCUT2D eigenvalue weighted by Crippen LogP contribution is 2.29. The smallest absolute Gasteiger partial charge is 0.334 e. The van der Waals surface area contributed by atoms with Gasteiger partial charge in [-0.2, -0.15) is 0 Å². The second-order valence-corrected chi connectivity index (χ2v) is 4.55. The molecular formula is C14H18FNO3. The Morgan fingerprint density at radius 1 is 1.32 bits per heavy atom. The summed E-state index contributed by atoms with van der Waals surface area (Å²) in [5.74, 6) is -1.90. The van der Waals surface area contributed by atoms with Crippen molar-refractivity contribution in [2.75, 3.05) is 6.54 Å². The molecule has 1 atom stereocenters. The first-order valence-corrected chi connectivity index (χ1v) is 6.11. The van der Waals surface area contributed by atoms with Crippen LogP contribution in [-0.4, -0.2) is 28.4 Å². The van der Waals surface area contributed by atoms with Gasteiger partial charge in [-0.05, 0) is 31.0 Å². The standard InChI is InChI=1S/C14H18FNO3/c1-4-9-16(10(2)17)14(3,13(18)19)11-5-7-12(15)8-6-11/h5-8H,4,9H2,1-3H3,(H,18,19). The maximum atomic E-state index is 13.0. The fourth-order valence-electron chi connectivity index (χ4n) is 2.09. The van der Waals surface area contributed by atoms with Gasteiger partial charge in [0.15, 0.2) is 5.54 Å². The van der Waals surface area contributed by atoms with Crippen LogP contribution in [0, 0.1) is 5.82 Å². The summed E-state index contributed by atoms with van der Waals surface area (Å²) in [4.78, 5) is 24.6. The van der Waals surface area contributed by atoms with Crippen molar-refractivity contribution >= 4 is 11.9 Å². The minimum absolute atomic E-state index is 0.323. The largest absolute Gasteiger partial charge is 0.479 e. The number of aliphatic carboxylic acids is 1. The molecule has 0 aliphatic rings. The van der Waals surface area contributed by atoms with Crippen molar-refractivity contribution in [1.29, 1.82) is 0 Å². The monoisotopic (exact) mass is 267 g/mol. The fourth-order valence-corrected chi connectivity index (χ4v) is 2.09. The second-order valence-electron chi connectivity index (χ2n) is 4.55. The number of carbonyl (C=O) groups is 2. The number of carboxylic acid groups (broad SMARTS) is 1. The maximum Gasteiger partial charge on any atom is 0.334 e. The van der Waals surface area contributed by atoms with Crippen molar-refractivity contribution in [3.05, 3.63) is 35.6 Å². The lowest BCUT2D eigenvalue weighted by Crippen LogP contribution is -2.52. The van der Waals surface area contributed by atoms with Crippen molar-refractivity contribution in [3.63, 3.8) is 0 Å². The Labute approximate surface area is 111 Å². The van der Waals surface area contributed by atoms with Gasteiger partial charge in [0.2, 0.25) is 5.91 Å². The van der Waals surface area contributed by atoms with Gasteiger partial charge < -0.3 is 10.0 Å². The molecule has 1 amide bonds. The van der Waals surface area contributed by atoms with Gasteiger partial charge in [0, 0.05) is 13.5 Å². The topological polar surface area (TPSA) is 57.6 Å². The second kappa shape index (κ2) is 5.82. The molecule has 4 nitrogen and oxygen atoms in total. The highest BCUT2D eigenvalue weighted by molar-refractivity contribution is 5.87. The minimum Gasteiger partial charge on any atom is -0.479 e. The van der Waals surface area contributed by atoms with E-state index < -0.39 is 17.3 Å². The van der Waals surface area contributed by atoms with Crippen molar-refractivity contribution in [3.8, 4) is 0 Å². The van der Waals surface area contributed by atoms with E-state index in [9.17, 15) is 19.1 Å². The normalized spacial score (nSPS) is 13.7. The number of carboxylic acids is 1. The summed E-state index contributed by atoms with van der Waals surface area (Å²) in [6.45, 7) is 4.98. The van der Waals surface area contributed by atoms with E-state index in [1.807, 2.05) is 6.92 Å².